The van der Waals surface area contributed by atoms with Gasteiger partial charge in [0.15, 0.2) is 6.10 Å². The molecule has 0 saturated heterocycles. The minimum Gasteiger partial charge on any atom is -0.481 e. The predicted octanol–water partition coefficient (Wildman–Crippen LogP) is 2.54. The first kappa shape index (κ1) is 21.6. The van der Waals surface area contributed by atoms with Crippen molar-refractivity contribution < 1.29 is 27.5 Å². The zero-order valence-corrected chi connectivity index (χ0v) is 16.1. The topological polar surface area (TPSA) is 109 Å². The van der Waals surface area contributed by atoms with Crippen molar-refractivity contribution in [2.45, 2.75) is 25.7 Å². The molecule has 0 unspecified atom stereocenters. The molecule has 2 aromatic carbocycles. The fourth-order valence-corrected chi connectivity index (χ4v) is 2.73. The van der Waals surface area contributed by atoms with Crippen LogP contribution in [0.2, 0.25) is 0 Å². The molecule has 1 aromatic heterocycles. The van der Waals surface area contributed by atoms with E-state index in [2.05, 4.69) is 15.8 Å². The molecule has 0 aliphatic heterocycles. The maximum Gasteiger partial charge on any atom is 0.449 e. The normalized spacial score (nSPS) is 12.1. The lowest BCUT2D eigenvalue weighted by atomic mass is 10.2. The van der Waals surface area contributed by atoms with Crippen LogP contribution >= 0.6 is 0 Å². The summed E-state index contributed by atoms with van der Waals surface area (Å²) in [6.45, 7) is 0.714. The molecular weight excluding hydrogens is 415 g/mol. The Kier molecular flexibility index (Phi) is 6.10. The van der Waals surface area contributed by atoms with Gasteiger partial charge in [-0.2, -0.15) is 18.4 Å². The fourth-order valence-electron chi connectivity index (χ4n) is 2.73. The third-order valence-electron chi connectivity index (χ3n) is 4.20. The molecule has 160 valence electrons. The van der Waals surface area contributed by atoms with E-state index in [0.29, 0.717) is 11.3 Å². The van der Waals surface area contributed by atoms with Crippen LogP contribution in [0.4, 0.5) is 13.2 Å². The van der Waals surface area contributed by atoms with E-state index in [0.717, 1.165) is 4.57 Å². The highest BCUT2D eigenvalue weighted by molar-refractivity contribution is 5.85. The molecule has 2 N–H and O–H groups in total. The Labute approximate surface area is 174 Å². The number of fused-ring (bicyclic) bond motifs is 1. The van der Waals surface area contributed by atoms with Crippen LogP contribution in [0, 0.1) is 11.3 Å². The molecule has 1 heterocycles. The Bertz CT molecular complexity index is 1150. The van der Waals surface area contributed by atoms with E-state index in [1.807, 2.05) is 6.07 Å². The quantitative estimate of drug-likeness (QED) is 0.604. The van der Waals surface area contributed by atoms with Gasteiger partial charge in [0.1, 0.15) is 12.3 Å². The summed E-state index contributed by atoms with van der Waals surface area (Å²) in [6.07, 6.45) is -5.78. The summed E-state index contributed by atoms with van der Waals surface area (Å²) >= 11 is 0. The van der Waals surface area contributed by atoms with Crippen LogP contribution in [0.25, 0.3) is 11.0 Å². The van der Waals surface area contributed by atoms with Crippen molar-refractivity contribution in [2.75, 3.05) is 0 Å². The fraction of sp³-hybridized carbons (Fsp3) is 0.200. The average molecular weight is 431 g/mol. The summed E-state index contributed by atoms with van der Waals surface area (Å²) < 4.78 is 46.0. The number of para-hydroxylation sites is 2. The maximum absolute atomic E-state index is 13.3. The maximum atomic E-state index is 13.3. The van der Waals surface area contributed by atoms with E-state index in [1.54, 1.807) is 0 Å². The number of nitriles is 1. The number of benzene rings is 2. The lowest BCUT2D eigenvalue weighted by Crippen LogP contribution is -2.48. The van der Waals surface area contributed by atoms with Crippen molar-refractivity contribution in [3.8, 4) is 11.8 Å². The second-order valence-electron chi connectivity index (χ2n) is 6.44. The van der Waals surface area contributed by atoms with E-state index < -0.39 is 36.5 Å². The van der Waals surface area contributed by atoms with E-state index in [1.165, 1.54) is 55.5 Å². The number of imidazole rings is 1. The molecule has 8 nitrogen and oxygen atoms in total. The molecule has 2 amide bonds. The van der Waals surface area contributed by atoms with Gasteiger partial charge in [0.05, 0.1) is 22.7 Å². The number of rotatable bonds is 5. The van der Waals surface area contributed by atoms with Crippen molar-refractivity contribution in [3.05, 3.63) is 59.9 Å². The van der Waals surface area contributed by atoms with E-state index in [-0.39, 0.29) is 11.0 Å². The van der Waals surface area contributed by atoms with E-state index in [9.17, 15) is 22.8 Å². The van der Waals surface area contributed by atoms with Crippen molar-refractivity contribution in [3.63, 3.8) is 0 Å². The van der Waals surface area contributed by atoms with Crippen LogP contribution < -0.4 is 15.6 Å². The van der Waals surface area contributed by atoms with Gasteiger partial charge in [-0.1, -0.05) is 12.1 Å². The highest BCUT2D eigenvalue weighted by atomic mass is 19.4. The first-order chi connectivity index (χ1) is 14.7. The van der Waals surface area contributed by atoms with E-state index >= 15 is 0 Å². The molecule has 1 atom stereocenters. The van der Waals surface area contributed by atoms with Gasteiger partial charge in [0.25, 0.3) is 11.8 Å². The van der Waals surface area contributed by atoms with Crippen molar-refractivity contribution >= 4 is 22.8 Å². The molecule has 31 heavy (non-hydrogen) atoms. The number of nitrogens with one attached hydrogen (secondary N) is 2. The third kappa shape index (κ3) is 5.11. The highest BCUT2D eigenvalue weighted by Gasteiger charge is 2.38. The summed E-state index contributed by atoms with van der Waals surface area (Å²) in [6, 6.07) is 13.9. The Morgan fingerprint density at radius 1 is 1.16 bits per heavy atom. The molecule has 3 aromatic rings. The molecule has 0 spiro atoms. The minimum absolute atomic E-state index is 0.0936. The number of amides is 2. The van der Waals surface area contributed by atoms with Gasteiger partial charge >= 0.3 is 6.18 Å². The van der Waals surface area contributed by atoms with Gasteiger partial charge in [-0.25, -0.2) is 4.98 Å². The first-order valence-electron chi connectivity index (χ1n) is 8.97. The molecule has 0 fully saturated rings. The van der Waals surface area contributed by atoms with Gasteiger partial charge < -0.3 is 9.30 Å². The number of hydrazine groups is 1. The smallest absolute Gasteiger partial charge is 0.449 e. The molecule has 11 heteroatoms. The van der Waals surface area contributed by atoms with Crippen LogP contribution in [0.5, 0.6) is 5.75 Å². The van der Waals surface area contributed by atoms with Crippen LogP contribution in [-0.2, 0) is 22.3 Å². The molecule has 0 aliphatic rings. The lowest BCUT2D eigenvalue weighted by molar-refractivity contribution is -0.147. The van der Waals surface area contributed by atoms with Gasteiger partial charge in [0.2, 0.25) is 5.82 Å². The average Bonchev–Trinajstić information content (AvgIpc) is 3.11. The van der Waals surface area contributed by atoms with Crippen molar-refractivity contribution in [1.82, 2.24) is 20.4 Å². The number of carbonyl (C=O) groups is 2. The SMILES string of the molecule is C[C@H](Oc1ccc(C#N)cc1)C(=O)NNC(=O)Cn1c(C(F)(F)F)nc2ccccc21. The Hall–Kier alpha value is -4.07. The Morgan fingerprint density at radius 2 is 1.84 bits per heavy atom. The van der Waals surface area contributed by atoms with Crippen molar-refractivity contribution in [2.24, 2.45) is 0 Å². The Balaban J connectivity index is 1.62. The summed E-state index contributed by atoms with van der Waals surface area (Å²) in [4.78, 5) is 27.8. The van der Waals surface area contributed by atoms with Crippen LogP contribution in [0.15, 0.2) is 48.5 Å². The molecule has 0 aliphatic carbocycles. The highest BCUT2D eigenvalue weighted by Crippen LogP contribution is 2.31. The molecule has 0 bridgehead atoms. The lowest BCUT2D eigenvalue weighted by Gasteiger charge is -2.16. The second-order valence-corrected chi connectivity index (χ2v) is 6.44. The first-order valence-corrected chi connectivity index (χ1v) is 8.97. The summed E-state index contributed by atoms with van der Waals surface area (Å²) in [7, 11) is 0. The number of aromatic nitrogens is 2. The summed E-state index contributed by atoms with van der Waals surface area (Å²) in [5, 5.41) is 8.77. The molecular formula is C20H16F3N5O3. The largest absolute Gasteiger partial charge is 0.481 e. The van der Waals surface area contributed by atoms with Gasteiger partial charge in [-0.05, 0) is 43.3 Å². The van der Waals surface area contributed by atoms with Gasteiger partial charge in [-0.15, -0.1) is 0 Å². The standard InChI is InChI=1S/C20H16F3N5O3/c1-12(31-14-8-6-13(10-24)7-9-14)18(30)27-26-17(29)11-28-16-5-3-2-4-15(16)25-19(28)20(21,22)23/h2-9,12H,11H2,1H3,(H,26,29)(H,27,30)/t12-/m0/s1. The number of ether oxygens (including phenoxy) is 1. The summed E-state index contributed by atoms with van der Waals surface area (Å²) in [5.74, 6) is -2.49. The number of alkyl halides is 3. The molecule has 3 rings (SSSR count). The number of halogens is 3. The monoisotopic (exact) mass is 431 g/mol. The van der Waals surface area contributed by atoms with Gasteiger partial charge in [0, 0.05) is 0 Å². The van der Waals surface area contributed by atoms with E-state index in [4.69, 9.17) is 10.00 Å². The zero-order valence-electron chi connectivity index (χ0n) is 16.1. The Morgan fingerprint density at radius 3 is 2.48 bits per heavy atom. The third-order valence-corrected chi connectivity index (χ3v) is 4.20. The number of nitrogens with zero attached hydrogens (tertiary/aromatic N) is 3. The predicted molar refractivity (Wildman–Crippen MR) is 102 cm³/mol. The van der Waals surface area contributed by atoms with Crippen LogP contribution in [-0.4, -0.2) is 27.5 Å². The zero-order chi connectivity index (χ0) is 22.6. The van der Waals surface area contributed by atoms with Crippen LogP contribution in [0.3, 0.4) is 0 Å². The second kappa shape index (κ2) is 8.74. The number of hydrogen-bond donors (Lipinski definition) is 2. The molecule has 0 radical (unpaired) electrons. The number of hydrogen-bond acceptors (Lipinski definition) is 5. The van der Waals surface area contributed by atoms with Gasteiger partial charge in [-0.3, -0.25) is 20.4 Å². The van der Waals surface area contributed by atoms with Crippen molar-refractivity contribution in [1.29, 1.82) is 5.26 Å². The number of carbonyl (C=O) groups excluding carboxylic acids is 2. The van der Waals surface area contributed by atoms with Crippen LogP contribution in [0.1, 0.15) is 18.3 Å². The minimum atomic E-state index is -4.76. The molecule has 0 saturated carbocycles. The summed E-state index contributed by atoms with van der Waals surface area (Å²) in [5.41, 5.74) is 4.83.